The van der Waals surface area contributed by atoms with Crippen molar-refractivity contribution in [2.45, 2.75) is 0 Å². The minimum Gasteiger partial charge on any atom is -0.496 e. The summed E-state index contributed by atoms with van der Waals surface area (Å²) >= 11 is 1.47. The van der Waals surface area contributed by atoms with Gasteiger partial charge >= 0.3 is 0 Å². The van der Waals surface area contributed by atoms with Crippen LogP contribution in [0.5, 0.6) is 5.75 Å². The van der Waals surface area contributed by atoms with Gasteiger partial charge in [0.2, 0.25) is 0 Å². The number of anilines is 1. The molecule has 2 heterocycles. The number of hydrogen-bond acceptors (Lipinski definition) is 4. The van der Waals surface area contributed by atoms with Crippen molar-refractivity contribution >= 4 is 44.1 Å². The average Bonchev–Trinajstić information content (AvgIpc) is 3.17. The number of methoxy groups -OCH3 is 1. The summed E-state index contributed by atoms with van der Waals surface area (Å²) in [4.78, 5) is 13.3. The molecule has 0 saturated heterocycles. The van der Waals surface area contributed by atoms with Crippen LogP contribution in [0, 0.1) is 0 Å². The number of fused-ring (bicyclic) bond motifs is 2. The summed E-state index contributed by atoms with van der Waals surface area (Å²) in [6.07, 6.45) is 0. The number of nitrogens with one attached hydrogen (secondary N) is 1. The maximum Gasteiger partial charge on any atom is 0.266 e. The van der Waals surface area contributed by atoms with Crippen molar-refractivity contribution in [1.29, 1.82) is 0 Å². The van der Waals surface area contributed by atoms with Gasteiger partial charge in [0.15, 0.2) is 5.82 Å². The summed E-state index contributed by atoms with van der Waals surface area (Å²) in [5, 5.41) is 9.21. The Morgan fingerprint density at radius 3 is 2.83 bits per heavy atom. The molecular formula is C18H15N3O2S. The van der Waals surface area contributed by atoms with E-state index in [4.69, 9.17) is 4.74 Å². The van der Waals surface area contributed by atoms with Crippen LogP contribution >= 0.6 is 11.3 Å². The van der Waals surface area contributed by atoms with E-state index in [1.54, 1.807) is 11.8 Å². The maximum absolute atomic E-state index is 12.6. The summed E-state index contributed by atoms with van der Waals surface area (Å²) in [7, 11) is 3.45. The zero-order valence-electron chi connectivity index (χ0n) is 13.2. The molecule has 0 aliphatic rings. The Labute approximate surface area is 142 Å². The van der Waals surface area contributed by atoms with Gasteiger partial charge in [0.25, 0.3) is 5.91 Å². The highest BCUT2D eigenvalue weighted by Crippen LogP contribution is 2.32. The van der Waals surface area contributed by atoms with Gasteiger partial charge < -0.3 is 10.1 Å². The van der Waals surface area contributed by atoms with Crippen LogP contribution in [0.15, 0.2) is 48.5 Å². The van der Waals surface area contributed by atoms with Crippen LogP contribution in [0.1, 0.15) is 9.67 Å². The number of rotatable bonds is 3. The summed E-state index contributed by atoms with van der Waals surface area (Å²) in [6.45, 7) is 0. The molecule has 1 N–H and O–H groups in total. The van der Waals surface area contributed by atoms with Crippen molar-refractivity contribution in [2.24, 2.45) is 7.05 Å². The first-order chi connectivity index (χ1) is 11.7. The van der Waals surface area contributed by atoms with Crippen LogP contribution in [0.2, 0.25) is 0 Å². The molecule has 0 aliphatic carbocycles. The van der Waals surface area contributed by atoms with E-state index in [2.05, 4.69) is 10.4 Å². The minimum atomic E-state index is -0.165. The molecule has 24 heavy (non-hydrogen) atoms. The number of benzene rings is 2. The van der Waals surface area contributed by atoms with Crippen molar-refractivity contribution in [1.82, 2.24) is 9.78 Å². The lowest BCUT2D eigenvalue weighted by atomic mass is 10.2. The molecule has 4 rings (SSSR count). The molecule has 1 amide bonds. The lowest BCUT2D eigenvalue weighted by Gasteiger charge is -2.04. The molecule has 0 spiro atoms. The van der Waals surface area contributed by atoms with E-state index in [0.717, 1.165) is 21.0 Å². The topological polar surface area (TPSA) is 56.1 Å². The van der Waals surface area contributed by atoms with Crippen LogP contribution in [-0.4, -0.2) is 22.8 Å². The van der Waals surface area contributed by atoms with Crippen LogP contribution in [-0.2, 0) is 7.05 Å². The largest absolute Gasteiger partial charge is 0.496 e. The zero-order chi connectivity index (χ0) is 16.7. The van der Waals surface area contributed by atoms with Crippen LogP contribution in [0.25, 0.3) is 21.0 Å². The second-order valence-corrected chi connectivity index (χ2v) is 6.51. The first-order valence-electron chi connectivity index (χ1n) is 7.47. The Bertz CT molecular complexity index is 1030. The molecule has 0 unspecified atom stereocenters. The highest BCUT2D eigenvalue weighted by Gasteiger charge is 2.17. The quantitative estimate of drug-likeness (QED) is 0.613. The number of aryl methyl sites for hydroxylation is 1. The normalized spacial score (nSPS) is 11.1. The van der Waals surface area contributed by atoms with Gasteiger partial charge in [0.1, 0.15) is 5.75 Å². The lowest BCUT2D eigenvalue weighted by Crippen LogP contribution is -2.11. The minimum absolute atomic E-state index is 0.165. The molecule has 5 nitrogen and oxygen atoms in total. The predicted molar refractivity (Wildman–Crippen MR) is 97.0 cm³/mol. The fourth-order valence-electron chi connectivity index (χ4n) is 2.80. The molecule has 0 bridgehead atoms. The Balaban J connectivity index is 1.74. The maximum atomic E-state index is 12.6. The standard InChI is InChI=1S/C18H15N3O2S/c1-21-12-7-5-8-13(23-2)16(12)17(20-21)19-18(22)15-10-11-6-3-4-9-14(11)24-15/h3-10H,1-2H3,(H,19,20,22). The van der Waals surface area contributed by atoms with E-state index in [0.29, 0.717) is 16.4 Å². The number of carbonyl (C=O) groups excluding carboxylic acids is 1. The van der Waals surface area contributed by atoms with Gasteiger partial charge in [0, 0.05) is 11.7 Å². The number of thiophene rings is 1. The van der Waals surface area contributed by atoms with Crippen molar-refractivity contribution in [3.63, 3.8) is 0 Å². The molecule has 4 aromatic rings. The summed E-state index contributed by atoms with van der Waals surface area (Å²) in [5.41, 5.74) is 0.904. The molecule has 0 aliphatic heterocycles. The van der Waals surface area contributed by atoms with Crippen LogP contribution in [0.3, 0.4) is 0 Å². The fourth-order valence-corrected chi connectivity index (χ4v) is 3.76. The number of carbonyl (C=O) groups is 1. The summed E-state index contributed by atoms with van der Waals surface area (Å²) in [6, 6.07) is 15.6. The second kappa shape index (κ2) is 5.65. The summed E-state index contributed by atoms with van der Waals surface area (Å²) < 4.78 is 8.24. The van der Waals surface area contributed by atoms with Crippen molar-refractivity contribution in [3.05, 3.63) is 53.4 Å². The van der Waals surface area contributed by atoms with E-state index in [1.807, 2.05) is 55.6 Å². The van der Waals surface area contributed by atoms with Gasteiger partial charge in [-0.25, -0.2) is 0 Å². The Kier molecular flexibility index (Phi) is 3.46. The van der Waals surface area contributed by atoms with E-state index < -0.39 is 0 Å². The van der Waals surface area contributed by atoms with E-state index in [-0.39, 0.29) is 5.91 Å². The van der Waals surface area contributed by atoms with Gasteiger partial charge in [0.05, 0.1) is 22.9 Å². The predicted octanol–water partition coefficient (Wildman–Crippen LogP) is 4.05. The average molecular weight is 337 g/mol. The molecule has 2 aromatic carbocycles. The molecule has 0 atom stereocenters. The summed E-state index contributed by atoms with van der Waals surface area (Å²) in [5.74, 6) is 1.03. The number of ether oxygens (including phenoxy) is 1. The van der Waals surface area contributed by atoms with Gasteiger partial charge in [-0.3, -0.25) is 9.48 Å². The Morgan fingerprint density at radius 1 is 1.21 bits per heavy atom. The van der Waals surface area contributed by atoms with E-state index in [1.165, 1.54) is 11.3 Å². The van der Waals surface area contributed by atoms with Crippen molar-refractivity contribution < 1.29 is 9.53 Å². The van der Waals surface area contributed by atoms with Gasteiger partial charge in [-0.1, -0.05) is 24.3 Å². The second-order valence-electron chi connectivity index (χ2n) is 5.43. The van der Waals surface area contributed by atoms with Gasteiger partial charge in [-0.05, 0) is 29.7 Å². The third-order valence-electron chi connectivity index (χ3n) is 3.94. The van der Waals surface area contributed by atoms with Crippen LogP contribution < -0.4 is 10.1 Å². The molecule has 120 valence electrons. The van der Waals surface area contributed by atoms with E-state index in [9.17, 15) is 4.79 Å². The van der Waals surface area contributed by atoms with Crippen molar-refractivity contribution in [3.8, 4) is 5.75 Å². The van der Waals surface area contributed by atoms with Gasteiger partial charge in [-0.2, -0.15) is 5.10 Å². The van der Waals surface area contributed by atoms with E-state index >= 15 is 0 Å². The molecule has 0 fully saturated rings. The van der Waals surface area contributed by atoms with Gasteiger partial charge in [-0.15, -0.1) is 11.3 Å². The molecule has 0 saturated carbocycles. The third kappa shape index (κ3) is 2.32. The highest BCUT2D eigenvalue weighted by molar-refractivity contribution is 7.20. The number of nitrogens with zero attached hydrogens (tertiary/aromatic N) is 2. The smallest absolute Gasteiger partial charge is 0.266 e. The third-order valence-corrected chi connectivity index (χ3v) is 5.06. The van der Waals surface area contributed by atoms with Crippen molar-refractivity contribution in [2.75, 3.05) is 12.4 Å². The number of amides is 1. The lowest BCUT2D eigenvalue weighted by molar-refractivity contribution is 0.103. The molecule has 6 heteroatoms. The first-order valence-corrected chi connectivity index (χ1v) is 8.28. The molecule has 2 aromatic heterocycles. The monoisotopic (exact) mass is 337 g/mol. The SMILES string of the molecule is COc1cccc2c1c(NC(=O)c1cc3ccccc3s1)nn2C. The van der Waals surface area contributed by atoms with Crippen LogP contribution in [0.4, 0.5) is 5.82 Å². The Hall–Kier alpha value is -2.86. The zero-order valence-corrected chi connectivity index (χ0v) is 14.1. The highest BCUT2D eigenvalue weighted by atomic mass is 32.1. The molecule has 0 radical (unpaired) electrons. The fraction of sp³-hybridized carbons (Fsp3) is 0.111. The first kappa shape index (κ1) is 14.7. The number of aromatic nitrogens is 2. The number of hydrogen-bond donors (Lipinski definition) is 1. The molecular weight excluding hydrogens is 322 g/mol. The Morgan fingerprint density at radius 2 is 2.04 bits per heavy atom.